The van der Waals surface area contributed by atoms with E-state index in [1.807, 2.05) is 12.4 Å². The molecule has 5 heteroatoms. The van der Waals surface area contributed by atoms with Gasteiger partial charge in [-0.05, 0) is 20.4 Å². The van der Waals surface area contributed by atoms with Gasteiger partial charge in [-0.1, -0.05) is 6.92 Å². The summed E-state index contributed by atoms with van der Waals surface area (Å²) in [6, 6.07) is 0. The lowest BCUT2D eigenvalue weighted by Crippen LogP contribution is -2.46. The smallest absolute Gasteiger partial charge is 0.225 e. The van der Waals surface area contributed by atoms with Gasteiger partial charge < -0.3 is 15.0 Å². The lowest BCUT2D eigenvalue weighted by atomic mass is 10.2. The Morgan fingerprint density at radius 1 is 1.28 bits per heavy atom. The topological polar surface area (TPSA) is 50.3 Å². The molecule has 1 N–H and O–H groups in total. The molecule has 0 spiro atoms. The first-order valence-electron chi connectivity index (χ1n) is 6.61. The molecule has 1 aliphatic rings. The number of anilines is 1. The van der Waals surface area contributed by atoms with Gasteiger partial charge in [0, 0.05) is 37.6 Å². The highest BCUT2D eigenvalue weighted by atomic mass is 16.5. The van der Waals surface area contributed by atoms with Crippen molar-refractivity contribution in [2.75, 3.05) is 24.5 Å². The zero-order valence-corrected chi connectivity index (χ0v) is 11.4. The van der Waals surface area contributed by atoms with Gasteiger partial charge in [0.1, 0.15) is 0 Å². The summed E-state index contributed by atoms with van der Waals surface area (Å²) >= 11 is 0. The van der Waals surface area contributed by atoms with Crippen molar-refractivity contribution < 1.29 is 4.74 Å². The van der Waals surface area contributed by atoms with Gasteiger partial charge in [-0.25, -0.2) is 9.97 Å². The number of hydrogen-bond donors (Lipinski definition) is 1. The van der Waals surface area contributed by atoms with Gasteiger partial charge in [0.25, 0.3) is 0 Å². The third-order valence-electron chi connectivity index (χ3n) is 2.97. The summed E-state index contributed by atoms with van der Waals surface area (Å²) in [5.41, 5.74) is 1.12. The van der Waals surface area contributed by atoms with E-state index >= 15 is 0 Å². The molecule has 0 saturated carbocycles. The maximum atomic E-state index is 5.71. The van der Waals surface area contributed by atoms with Crippen LogP contribution in [0.1, 0.15) is 26.3 Å². The van der Waals surface area contributed by atoms with Gasteiger partial charge in [-0.15, -0.1) is 0 Å². The van der Waals surface area contributed by atoms with Crippen molar-refractivity contribution >= 4 is 5.95 Å². The zero-order chi connectivity index (χ0) is 13.0. The molecule has 0 radical (unpaired) electrons. The second kappa shape index (κ2) is 6.11. The van der Waals surface area contributed by atoms with E-state index in [1.54, 1.807) is 0 Å². The fourth-order valence-corrected chi connectivity index (χ4v) is 2.21. The van der Waals surface area contributed by atoms with Crippen molar-refractivity contribution in [1.82, 2.24) is 15.3 Å². The molecule has 0 bridgehead atoms. The molecule has 1 saturated heterocycles. The van der Waals surface area contributed by atoms with E-state index in [-0.39, 0.29) is 12.2 Å². The summed E-state index contributed by atoms with van der Waals surface area (Å²) in [4.78, 5) is 11.1. The summed E-state index contributed by atoms with van der Waals surface area (Å²) in [6.07, 6.45) is 4.27. The average molecular weight is 250 g/mol. The minimum atomic E-state index is 0.235. The highest BCUT2D eigenvalue weighted by Gasteiger charge is 2.23. The maximum Gasteiger partial charge on any atom is 0.225 e. The van der Waals surface area contributed by atoms with E-state index in [1.165, 1.54) is 0 Å². The van der Waals surface area contributed by atoms with Crippen molar-refractivity contribution in [2.24, 2.45) is 0 Å². The average Bonchev–Trinajstić information content (AvgIpc) is 2.36. The molecule has 0 amide bonds. The summed E-state index contributed by atoms with van der Waals surface area (Å²) in [7, 11) is 0. The van der Waals surface area contributed by atoms with E-state index < -0.39 is 0 Å². The number of hydrogen-bond acceptors (Lipinski definition) is 5. The Kier molecular flexibility index (Phi) is 4.49. The molecule has 2 rings (SSSR count). The van der Waals surface area contributed by atoms with Crippen molar-refractivity contribution in [3.8, 4) is 0 Å². The van der Waals surface area contributed by atoms with Crippen LogP contribution < -0.4 is 10.2 Å². The minimum absolute atomic E-state index is 0.235. The lowest BCUT2D eigenvalue weighted by Gasteiger charge is -2.35. The first-order valence-corrected chi connectivity index (χ1v) is 6.61. The maximum absolute atomic E-state index is 5.71. The largest absolute Gasteiger partial charge is 0.372 e. The van der Waals surface area contributed by atoms with Gasteiger partial charge in [-0.2, -0.15) is 0 Å². The van der Waals surface area contributed by atoms with Gasteiger partial charge in [0.05, 0.1) is 12.2 Å². The van der Waals surface area contributed by atoms with Crippen LogP contribution in [-0.4, -0.2) is 41.8 Å². The second-order valence-corrected chi connectivity index (χ2v) is 4.83. The zero-order valence-electron chi connectivity index (χ0n) is 11.4. The molecule has 0 aliphatic carbocycles. The molecule has 2 heterocycles. The molecule has 0 aromatic carbocycles. The molecule has 1 aromatic rings. The number of ether oxygens (including phenoxy) is 1. The van der Waals surface area contributed by atoms with Crippen LogP contribution in [-0.2, 0) is 11.3 Å². The molecule has 1 aliphatic heterocycles. The Balaban J connectivity index is 2.00. The number of morpholine rings is 1. The second-order valence-electron chi connectivity index (χ2n) is 4.83. The molecule has 5 nitrogen and oxygen atoms in total. The third-order valence-corrected chi connectivity index (χ3v) is 2.97. The summed E-state index contributed by atoms with van der Waals surface area (Å²) in [5, 5.41) is 3.26. The predicted octanol–water partition coefficient (Wildman–Crippen LogP) is 1.20. The van der Waals surface area contributed by atoms with Crippen molar-refractivity contribution in [2.45, 2.75) is 39.5 Å². The van der Waals surface area contributed by atoms with E-state index in [0.29, 0.717) is 0 Å². The van der Waals surface area contributed by atoms with Crippen LogP contribution in [0.25, 0.3) is 0 Å². The lowest BCUT2D eigenvalue weighted by molar-refractivity contribution is -0.00572. The van der Waals surface area contributed by atoms with E-state index in [0.717, 1.165) is 37.7 Å². The van der Waals surface area contributed by atoms with E-state index in [4.69, 9.17) is 4.74 Å². The van der Waals surface area contributed by atoms with Gasteiger partial charge >= 0.3 is 0 Å². The quantitative estimate of drug-likeness (QED) is 0.870. The monoisotopic (exact) mass is 250 g/mol. The first-order chi connectivity index (χ1) is 8.69. The van der Waals surface area contributed by atoms with Crippen LogP contribution in [0.4, 0.5) is 5.95 Å². The molecule has 1 aromatic heterocycles. The van der Waals surface area contributed by atoms with E-state index in [2.05, 4.69) is 41.0 Å². The third kappa shape index (κ3) is 3.40. The van der Waals surface area contributed by atoms with Crippen molar-refractivity contribution in [3.05, 3.63) is 18.0 Å². The number of nitrogens with zero attached hydrogens (tertiary/aromatic N) is 3. The van der Waals surface area contributed by atoms with Crippen molar-refractivity contribution in [3.63, 3.8) is 0 Å². The Morgan fingerprint density at radius 3 is 2.44 bits per heavy atom. The summed E-state index contributed by atoms with van der Waals surface area (Å²) in [6.45, 7) is 9.76. The summed E-state index contributed by atoms with van der Waals surface area (Å²) < 4.78 is 5.71. The predicted molar refractivity (Wildman–Crippen MR) is 71.6 cm³/mol. The van der Waals surface area contributed by atoms with Crippen LogP contribution in [0.3, 0.4) is 0 Å². The number of rotatable bonds is 4. The number of nitrogens with one attached hydrogen (secondary N) is 1. The van der Waals surface area contributed by atoms with Gasteiger partial charge in [0.15, 0.2) is 0 Å². The SMILES string of the molecule is CCNCc1cnc(N2C[C@@H](C)O[C@@H](C)C2)nc1. The van der Waals surface area contributed by atoms with Crippen LogP contribution in [0, 0.1) is 0 Å². The fourth-order valence-electron chi connectivity index (χ4n) is 2.21. The Morgan fingerprint density at radius 2 is 1.89 bits per heavy atom. The molecule has 0 unspecified atom stereocenters. The molecule has 100 valence electrons. The highest BCUT2D eigenvalue weighted by Crippen LogP contribution is 2.16. The molecular formula is C13H22N4O. The van der Waals surface area contributed by atoms with Crippen molar-refractivity contribution in [1.29, 1.82) is 0 Å². The van der Waals surface area contributed by atoms with Gasteiger partial charge in [0.2, 0.25) is 5.95 Å². The molecular weight excluding hydrogens is 228 g/mol. The standard InChI is InChI=1S/C13H22N4O/c1-4-14-5-12-6-15-13(16-7-12)17-8-10(2)18-11(3)9-17/h6-7,10-11,14H,4-5,8-9H2,1-3H3/t10-,11+. The Bertz CT molecular complexity index is 358. The van der Waals surface area contributed by atoms with Crippen LogP contribution >= 0.6 is 0 Å². The fraction of sp³-hybridized carbons (Fsp3) is 0.692. The highest BCUT2D eigenvalue weighted by molar-refractivity contribution is 5.31. The van der Waals surface area contributed by atoms with Crippen LogP contribution in [0.2, 0.25) is 0 Å². The molecule has 18 heavy (non-hydrogen) atoms. The van der Waals surface area contributed by atoms with Gasteiger partial charge in [-0.3, -0.25) is 0 Å². The van der Waals surface area contributed by atoms with E-state index in [9.17, 15) is 0 Å². The molecule has 2 atom stereocenters. The Hall–Kier alpha value is -1.20. The van der Waals surface area contributed by atoms with Crippen LogP contribution in [0.15, 0.2) is 12.4 Å². The normalized spacial score (nSPS) is 24.3. The first kappa shape index (κ1) is 13.2. The molecule has 1 fully saturated rings. The summed E-state index contributed by atoms with van der Waals surface area (Å²) in [5.74, 6) is 0.803. The number of aromatic nitrogens is 2. The van der Waals surface area contributed by atoms with Crippen LogP contribution in [0.5, 0.6) is 0 Å². The minimum Gasteiger partial charge on any atom is -0.372 e. The Labute approximate surface area is 109 Å².